The molecule has 0 saturated carbocycles. The lowest BCUT2D eigenvalue weighted by Gasteiger charge is -2.09. The van der Waals surface area contributed by atoms with Gasteiger partial charge in [0.05, 0.1) is 0 Å². The van der Waals surface area contributed by atoms with Crippen molar-refractivity contribution in [3.8, 4) is 0 Å². The van der Waals surface area contributed by atoms with E-state index in [1.54, 1.807) is 31.2 Å². The van der Waals surface area contributed by atoms with Gasteiger partial charge in [0.25, 0.3) is 0 Å². The number of anilines is 1. The van der Waals surface area contributed by atoms with E-state index in [4.69, 9.17) is 0 Å². The van der Waals surface area contributed by atoms with Gasteiger partial charge in [-0.15, -0.1) is 0 Å². The minimum absolute atomic E-state index is 0.396. The molecule has 1 aromatic carbocycles. The number of rotatable bonds is 2. The van der Waals surface area contributed by atoms with E-state index in [9.17, 15) is 18.0 Å². The molecular formula is C10H10F3NO2. The van der Waals surface area contributed by atoms with E-state index in [1.807, 2.05) is 0 Å². The van der Waals surface area contributed by atoms with Crippen LogP contribution in [-0.4, -0.2) is 18.9 Å². The third kappa shape index (κ3) is 4.68. The Morgan fingerprint density at radius 2 is 2.12 bits per heavy atom. The van der Waals surface area contributed by atoms with Crippen molar-refractivity contribution in [2.75, 3.05) is 11.9 Å². The molecule has 0 unspecified atom stereocenters. The molecule has 1 rings (SSSR count). The number of hydrogen-bond donors (Lipinski definition) is 1. The first-order chi connectivity index (χ1) is 7.37. The summed E-state index contributed by atoms with van der Waals surface area (Å²) in [5.74, 6) is 0. The maximum atomic E-state index is 11.7. The van der Waals surface area contributed by atoms with Crippen molar-refractivity contribution in [1.29, 1.82) is 0 Å². The van der Waals surface area contributed by atoms with Gasteiger partial charge in [-0.3, -0.25) is 5.32 Å². The molecule has 1 N–H and O–H groups in total. The highest BCUT2D eigenvalue weighted by Crippen LogP contribution is 2.15. The van der Waals surface area contributed by atoms with Gasteiger partial charge < -0.3 is 4.74 Å². The third-order valence-electron chi connectivity index (χ3n) is 1.63. The summed E-state index contributed by atoms with van der Waals surface area (Å²) < 4.78 is 39.1. The fourth-order valence-corrected chi connectivity index (χ4v) is 1.02. The van der Waals surface area contributed by atoms with Crippen LogP contribution in [0.25, 0.3) is 0 Å². The average Bonchev–Trinajstić information content (AvgIpc) is 2.14. The topological polar surface area (TPSA) is 38.3 Å². The lowest BCUT2D eigenvalue weighted by Crippen LogP contribution is -2.23. The standard InChI is InChI=1S/C10H10F3NO2/c1-7-3-2-4-8(5-7)14-9(15)16-6-10(11,12)13/h2-5H,6H2,1H3,(H,14,15). The zero-order valence-corrected chi connectivity index (χ0v) is 8.47. The third-order valence-corrected chi connectivity index (χ3v) is 1.63. The van der Waals surface area contributed by atoms with Crippen LogP contribution in [0, 0.1) is 6.92 Å². The molecule has 16 heavy (non-hydrogen) atoms. The summed E-state index contributed by atoms with van der Waals surface area (Å²) in [6, 6.07) is 6.65. The number of carbonyl (C=O) groups is 1. The Hall–Kier alpha value is -1.72. The van der Waals surface area contributed by atoms with Crippen LogP contribution in [-0.2, 0) is 4.74 Å². The van der Waals surface area contributed by atoms with Gasteiger partial charge in [0.1, 0.15) is 0 Å². The summed E-state index contributed by atoms with van der Waals surface area (Å²) >= 11 is 0. The van der Waals surface area contributed by atoms with E-state index < -0.39 is 18.9 Å². The van der Waals surface area contributed by atoms with Crippen LogP contribution in [0.4, 0.5) is 23.7 Å². The Labute approximate surface area is 90.2 Å². The van der Waals surface area contributed by atoms with Crippen LogP contribution in [0.3, 0.4) is 0 Å². The second-order valence-electron chi connectivity index (χ2n) is 3.19. The summed E-state index contributed by atoms with van der Waals surface area (Å²) in [5.41, 5.74) is 1.28. The fourth-order valence-electron chi connectivity index (χ4n) is 1.02. The average molecular weight is 233 g/mol. The Morgan fingerprint density at radius 3 is 2.69 bits per heavy atom. The van der Waals surface area contributed by atoms with Crippen molar-refractivity contribution >= 4 is 11.8 Å². The van der Waals surface area contributed by atoms with Crippen LogP contribution in [0.15, 0.2) is 24.3 Å². The molecule has 1 amide bonds. The highest BCUT2D eigenvalue weighted by Gasteiger charge is 2.29. The van der Waals surface area contributed by atoms with Crippen molar-refractivity contribution in [3.63, 3.8) is 0 Å². The van der Waals surface area contributed by atoms with Crippen LogP contribution in [0.1, 0.15) is 5.56 Å². The molecule has 0 bridgehead atoms. The van der Waals surface area contributed by atoms with Crippen molar-refractivity contribution in [2.45, 2.75) is 13.1 Å². The number of benzene rings is 1. The van der Waals surface area contributed by atoms with E-state index in [0.717, 1.165) is 5.56 Å². The largest absolute Gasteiger partial charge is 0.440 e. The number of halogens is 3. The van der Waals surface area contributed by atoms with Crippen molar-refractivity contribution in [1.82, 2.24) is 0 Å². The number of amides is 1. The highest BCUT2D eigenvalue weighted by atomic mass is 19.4. The minimum Gasteiger partial charge on any atom is -0.440 e. The van der Waals surface area contributed by atoms with Gasteiger partial charge >= 0.3 is 12.3 Å². The smallest absolute Gasteiger partial charge is 0.422 e. The lowest BCUT2D eigenvalue weighted by molar-refractivity contribution is -0.159. The molecule has 0 heterocycles. The van der Waals surface area contributed by atoms with E-state index in [-0.39, 0.29) is 0 Å². The summed E-state index contributed by atoms with van der Waals surface area (Å²) in [6.07, 6.45) is -5.63. The molecule has 0 spiro atoms. The molecule has 6 heteroatoms. The molecule has 0 radical (unpaired) electrons. The van der Waals surface area contributed by atoms with Gasteiger partial charge in [0.2, 0.25) is 0 Å². The van der Waals surface area contributed by atoms with Crippen molar-refractivity contribution in [3.05, 3.63) is 29.8 Å². The van der Waals surface area contributed by atoms with Gasteiger partial charge in [-0.1, -0.05) is 12.1 Å². The molecule has 0 atom stereocenters. The molecule has 0 aromatic heterocycles. The molecule has 0 aliphatic heterocycles. The minimum atomic E-state index is -4.51. The van der Waals surface area contributed by atoms with Crippen LogP contribution < -0.4 is 5.32 Å². The number of aryl methyl sites for hydroxylation is 1. The van der Waals surface area contributed by atoms with Crippen molar-refractivity contribution < 1.29 is 22.7 Å². The summed E-state index contributed by atoms with van der Waals surface area (Å²) in [4.78, 5) is 10.9. The van der Waals surface area contributed by atoms with Crippen molar-refractivity contribution in [2.24, 2.45) is 0 Å². The first kappa shape index (κ1) is 12.4. The van der Waals surface area contributed by atoms with E-state index in [2.05, 4.69) is 10.1 Å². The fraction of sp³-hybridized carbons (Fsp3) is 0.300. The quantitative estimate of drug-likeness (QED) is 0.852. The Kier molecular flexibility index (Phi) is 3.76. The molecule has 0 aliphatic rings. The first-order valence-corrected chi connectivity index (χ1v) is 4.44. The zero-order chi connectivity index (χ0) is 12.2. The SMILES string of the molecule is Cc1cccc(NC(=O)OCC(F)(F)F)c1. The van der Waals surface area contributed by atoms with Gasteiger partial charge in [0.15, 0.2) is 6.61 Å². The molecule has 0 aliphatic carbocycles. The molecule has 88 valence electrons. The molecule has 1 aromatic rings. The molecule has 3 nitrogen and oxygen atoms in total. The van der Waals surface area contributed by atoms with Crippen LogP contribution in [0.5, 0.6) is 0 Å². The Bertz CT molecular complexity index is 377. The van der Waals surface area contributed by atoms with Gasteiger partial charge in [0, 0.05) is 5.69 Å². The summed E-state index contributed by atoms with van der Waals surface area (Å²) in [7, 11) is 0. The lowest BCUT2D eigenvalue weighted by atomic mass is 10.2. The zero-order valence-electron chi connectivity index (χ0n) is 8.47. The van der Waals surface area contributed by atoms with E-state index in [0.29, 0.717) is 5.69 Å². The predicted molar refractivity (Wildman–Crippen MR) is 52.2 cm³/mol. The molecule has 0 fully saturated rings. The molecule has 0 saturated heterocycles. The number of carbonyl (C=O) groups excluding carboxylic acids is 1. The highest BCUT2D eigenvalue weighted by molar-refractivity contribution is 5.84. The van der Waals surface area contributed by atoms with Gasteiger partial charge in [-0.25, -0.2) is 4.79 Å². The normalized spacial score (nSPS) is 11.0. The first-order valence-electron chi connectivity index (χ1n) is 4.44. The second-order valence-corrected chi connectivity index (χ2v) is 3.19. The van der Waals surface area contributed by atoms with Gasteiger partial charge in [-0.05, 0) is 24.6 Å². The van der Waals surface area contributed by atoms with E-state index in [1.165, 1.54) is 0 Å². The predicted octanol–water partition coefficient (Wildman–Crippen LogP) is 3.11. The maximum absolute atomic E-state index is 11.7. The Morgan fingerprint density at radius 1 is 1.44 bits per heavy atom. The van der Waals surface area contributed by atoms with Crippen LogP contribution >= 0.6 is 0 Å². The molecular weight excluding hydrogens is 223 g/mol. The van der Waals surface area contributed by atoms with E-state index >= 15 is 0 Å². The maximum Gasteiger partial charge on any atom is 0.422 e. The number of alkyl halides is 3. The Balaban J connectivity index is 2.46. The summed E-state index contributed by atoms with van der Waals surface area (Å²) in [6.45, 7) is 0.205. The second kappa shape index (κ2) is 4.87. The van der Waals surface area contributed by atoms with Crippen LogP contribution in [0.2, 0.25) is 0 Å². The van der Waals surface area contributed by atoms with Gasteiger partial charge in [-0.2, -0.15) is 13.2 Å². The number of ether oxygens (including phenoxy) is 1. The monoisotopic (exact) mass is 233 g/mol. The summed E-state index contributed by atoms with van der Waals surface area (Å²) in [5, 5.41) is 2.19. The number of hydrogen-bond acceptors (Lipinski definition) is 2. The number of nitrogens with one attached hydrogen (secondary N) is 1.